The molecular formula is C25H26N4O2S. The van der Waals surface area contributed by atoms with Crippen molar-refractivity contribution in [2.75, 3.05) is 10.7 Å². The minimum absolute atomic E-state index is 0.0157. The molecule has 32 heavy (non-hydrogen) atoms. The zero-order valence-electron chi connectivity index (χ0n) is 18.5. The lowest BCUT2D eigenvalue weighted by Gasteiger charge is -2.22. The second-order valence-electron chi connectivity index (χ2n) is 7.60. The van der Waals surface area contributed by atoms with Crippen LogP contribution in [-0.2, 0) is 17.9 Å². The summed E-state index contributed by atoms with van der Waals surface area (Å²) in [7, 11) is 0. The SMILES string of the molecule is CCn1c(SCC(=O)N(Cc2ccco2)c2ccc(C)cc2)nnc1-c1cccc(C)c1. The Morgan fingerprint density at radius 3 is 2.53 bits per heavy atom. The number of nitrogens with zero attached hydrogens (tertiary/aromatic N) is 4. The van der Waals surface area contributed by atoms with Crippen LogP contribution in [-0.4, -0.2) is 26.4 Å². The number of carbonyl (C=O) groups is 1. The van der Waals surface area contributed by atoms with Crippen LogP contribution in [0.3, 0.4) is 0 Å². The van der Waals surface area contributed by atoms with Gasteiger partial charge in [0.1, 0.15) is 5.76 Å². The summed E-state index contributed by atoms with van der Waals surface area (Å²) in [4.78, 5) is 15.0. The van der Waals surface area contributed by atoms with Crippen LogP contribution in [0.2, 0.25) is 0 Å². The van der Waals surface area contributed by atoms with Crippen LogP contribution >= 0.6 is 11.8 Å². The van der Waals surface area contributed by atoms with Gasteiger partial charge in [0.2, 0.25) is 5.91 Å². The van der Waals surface area contributed by atoms with Gasteiger partial charge in [-0.1, -0.05) is 53.2 Å². The molecule has 0 atom stereocenters. The number of hydrogen-bond donors (Lipinski definition) is 0. The Kier molecular flexibility index (Phi) is 6.75. The highest BCUT2D eigenvalue weighted by Crippen LogP contribution is 2.26. The molecule has 0 aliphatic carbocycles. The third-order valence-corrected chi connectivity index (χ3v) is 6.13. The third kappa shape index (κ3) is 4.94. The molecule has 2 heterocycles. The fourth-order valence-corrected chi connectivity index (χ4v) is 4.37. The predicted molar refractivity (Wildman–Crippen MR) is 128 cm³/mol. The fraction of sp³-hybridized carbons (Fsp3) is 0.240. The van der Waals surface area contributed by atoms with Crippen LogP contribution in [0, 0.1) is 13.8 Å². The van der Waals surface area contributed by atoms with Gasteiger partial charge in [-0.3, -0.25) is 4.79 Å². The van der Waals surface area contributed by atoms with Gasteiger partial charge in [-0.2, -0.15) is 0 Å². The molecule has 4 aromatic rings. The molecule has 164 valence electrons. The number of aryl methyl sites for hydroxylation is 2. The van der Waals surface area contributed by atoms with Crippen molar-refractivity contribution >= 4 is 23.4 Å². The van der Waals surface area contributed by atoms with Crippen LogP contribution < -0.4 is 4.90 Å². The van der Waals surface area contributed by atoms with Gasteiger partial charge in [0.05, 0.1) is 18.6 Å². The maximum atomic E-state index is 13.3. The second-order valence-corrected chi connectivity index (χ2v) is 8.55. The highest BCUT2D eigenvalue weighted by molar-refractivity contribution is 7.99. The lowest BCUT2D eigenvalue weighted by molar-refractivity contribution is -0.116. The summed E-state index contributed by atoms with van der Waals surface area (Å²) in [5, 5.41) is 9.51. The lowest BCUT2D eigenvalue weighted by atomic mass is 10.1. The third-order valence-electron chi connectivity index (χ3n) is 5.17. The van der Waals surface area contributed by atoms with Crippen LogP contribution in [0.15, 0.2) is 76.5 Å². The minimum Gasteiger partial charge on any atom is -0.467 e. The molecule has 0 aliphatic rings. The van der Waals surface area contributed by atoms with E-state index in [0.29, 0.717) is 6.54 Å². The minimum atomic E-state index is -0.0157. The maximum absolute atomic E-state index is 13.3. The van der Waals surface area contributed by atoms with E-state index in [4.69, 9.17) is 4.42 Å². The maximum Gasteiger partial charge on any atom is 0.237 e. The number of amides is 1. The Morgan fingerprint density at radius 2 is 1.84 bits per heavy atom. The largest absolute Gasteiger partial charge is 0.467 e. The summed E-state index contributed by atoms with van der Waals surface area (Å²) in [5.41, 5.74) is 4.18. The Labute approximate surface area is 192 Å². The molecule has 0 fully saturated rings. The molecule has 0 bridgehead atoms. The number of benzene rings is 2. The van der Waals surface area contributed by atoms with Crippen molar-refractivity contribution in [2.45, 2.75) is 39.0 Å². The molecule has 6 nitrogen and oxygen atoms in total. The molecule has 2 aromatic heterocycles. The van der Waals surface area contributed by atoms with Gasteiger partial charge in [0.15, 0.2) is 11.0 Å². The zero-order valence-corrected chi connectivity index (χ0v) is 19.3. The molecule has 7 heteroatoms. The summed E-state index contributed by atoms with van der Waals surface area (Å²) in [6.45, 7) is 7.25. The van der Waals surface area contributed by atoms with E-state index in [0.717, 1.165) is 40.1 Å². The van der Waals surface area contributed by atoms with Gasteiger partial charge in [-0.05, 0) is 51.1 Å². The lowest BCUT2D eigenvalue weighted by Crippen LogP contribution is -2.31. The summed E-state index contributed by atoms with van der Waals surface area (Å²) in [5.74, 6) is 1.79. The molecular weight excluding hydrogens is 420 g/mol. The molecule has 0 aliphatic heterocycles. The van der Waals surface area contributed by atoms with Gasteiger partial charge in [-0.15, -0.1) is 10.2 Å². The summed E-state index contributed by atoms with van der Waals surface area (Å²) in [6.07, 6.45) is 1.62. The van der Waals surface area contributed by atoms with Crippen molar-refractivity contribution in [3.63, 3.8) is 0 Å². The highest BCUT2D eigenvalue weighted by Gasteiger charge is 2.20. The summed E-state index contributed by atoms with van der Waals surface area (Å²) >= 11 is 1.41. The normalized spacial score (nSPS) is 11.0. The van der Waals surface area contributed by atoms with Gasteiger partial charge >= 0.3 is 0 Å². The first kappa shape index (κ1) is 21.9. The summed E-state index contributed by atoms with van der Waals surface area (Å²) in [6, 6.07) is 19.9. The van der Waals surface area contributed by atoms with Crippen molar-refractivity contribution in [1.29, 1.82) is 0 Å². The van der Waals surface area contributed by atoms with Gasteiger partial charge in [-0.25, -0.2) is 0 Å². The topological polar surface area (TPSA) is 64.2 Å². The first-order chi connectivity index (χ1) is 15.5. The van der Waals surface area contributed by atoms with Gasteiger partial charge in [0.25, 0.3) is 0 Å². The number of thioether (sulfide) groups is 1. The Balaban J connectivity index is 1.53. The molecule has 4 rings (SSSR count). The number of aromatic nitrogens is 3. The number of rotatable bonds is 8. The molecule has 0 saturated heterocycles. The van der Waals surface area contributed by atoms with Gasteiger partial charge < -0.3 is 13.9 Å². The van der Waals surface area contributed by atoms with Crippen molar-refractivity contribution in [2.24, 2.45) is 0 Å². The molecule has 0 N–H and O–H groups in total. The predicted octanol–water partition coefficient (Wildman–Crippen LogP) is 5.50. The quantitative estimate of drug-likeness (QED) is 0.334. The zero-order chi connectivity index (χ0) is 22.5. The number of furan rings is 1. The van der Waals surface area contributed by atoms with E-state index in [1.54, 1.807) is 11.2 Å². The Hall–Kier alpha value is -3.32. The average Bonchev–Trinajstić information content (AvgIpc) is 3.46. The van der Waals surface area contributed by atoms with Crippen LogP contribution in [0.4, 0.5) is 5.69 Å². The highest BCUT2D eigenvalue weighted by atomic mass is 32.2. The van der Waals surface area contributed by atoms with E-state index >= 15 is 0 Å². The van der Waals surface area contributed by atoms with E-state index in [-0.39, 0.29) is 11.7 Å². The van der Waals surface area contributed by atoms with E-state index in [2.05, 4.69) is 40.7 Å². The van der Waals surface area contributed by atoms with Crippen molar-refractivity contribution in [3.05, 3.63) is 83.8 Å². The Morgan fingerprint density at radius 1 is 1.03 bits per heavy atom. The van der Waals surface area contributed by atoms with E-state index in [1.807, 2.05) is 55.5 Å². The number of hydrogen-bond acceptors (Lipinski definition) is 5. The van der Waals surface area contributed by atoms with Crippen LogP contribution in [0.25, 0.3) is 11.4 Å². The molecule has 0 spiro atoms. The van der Waals surface area contributed by atoms with Crippen molar-refractivity contribution < 1.29 is 9.21 Å². The molecule has 0 saturated carbocycles. The van der Waals surface area contributed by atoms with Crippen molar-refractivity contribution in [3.8, 4) is 11.4 Å². The Bertz CT molecular complexity index is 1180. The molecule has 1 amide bonds. The second kappa shape index (κ2) is 9.87. The van der Waals surface area contributed by atoms with Crippen molar-refractivity contribution in [1.82, 2.24) is 14.8 Å². The van der Waals surface area contributed by atoms with Crippen LogP contribution in [0.1, 0.15) is 23.8 Å². The standard InChI is InChI=1S/C25H26N4O2S/c1-4-28-24(20-8-5-7-19(3)15-20)26-27-25(28)32-17-23(30)29(16-22-9-6-14-31-22)21-12-10-18(2)11-13-21/h5-15H,4,16-17H2,1-3H3. The van der Waals surface area contributed by atoms with E-state index in [9.17, 15) is 4.79 Å². The first-order valence-electron chi connectivity index (χ1n) is 10.6. The smallest absolute Gasteiger partial charge is 0.237 e. The monoisotopic (exact) mass is 446 g/mol. The molecule has 2 aromatic carbocycles. The van der Waals surface area contributed by atoms with Gasteiger partial charge in [0, 0.05) is 17.8 Å². The average molecular weight is 447 g/mol. The van der Waals surface area contributed by atoms with Crippen LogP contribution in [0.5, 0.6) is 0 Å². The van der Waals surface area contributed by atoms with E-state index < -0.39 is 0 Å². The number of carbonyl (C=O) groups excluding carboxylic acids is 1. The summed E-state index contributed by atoms with van der Waals surface area (Å²) < 4.78 is 7.54. The molecule has 0 unspecified atom stereocenters. The molecule has 0 radical (unpaired) electrons. The van der Waals surface area contributed by atoms with E-state index in [1.165, 1.54) is 17.3 Å². The number of anilines is 1. The first-order valence-corrected chi connectivity index (χ1v) is 11.6. The fourth-order valence-electron chi connectivity index (χ4n) is 3.49.